The minimum absolute atomic E-state index is 0.108. The number of H-pyrrole nitrogens is 1. The van der Waals surface area contributed by atoms with Crippen molar-refractivity contribution in [3.63, 3.8) is 0 Å². The summed E-state index contributed by atoms with van der Waals surface area (Å²) in [4.78, 5) is 16.8. The average Bonchev–Trinajstić information content (AvgIpc) is 2.71. The van der Waals surface area contributed by atoms with Crippen molar-refractivity contribution in [2.24, 2.45) is 0 Å². The van der Waals surface area contributed by atoms with Crippen LogP contribution in [0.4, 0.5) is 5.69 Å². The molecule has 2 aromatic rings. The Balaban J connectivity index is 2.52. The van der Waals surface area contributed by atoms with Crippen LogP contribution in [-0.4, -0.2) is 14.9 Å². The fourth-order valence-electron chi connectivity index (χ4n) is 1.23. The van der Waals surface area contributed by atoms with Gasteiger partial charge in [-0.1, -0.05) is 17.7 Å². The molecule has 1 aromatic carbocycles. The third kappa shape index (κ3) is 1.82. The van der Waals surface area contributed by atoms with Gasteiger partial charge in [0.15, 0.2) is 0 Å². The van der Waals surface area contributed by atoms with Gasteiger partial charge in [-0.2, -0.15) is 0 Å². The lowest BCUT2D eigenvalue weighted by Crippen LogP contribution is -1.89. The normalized spacial score (nSPS) is 10.2. The van der Waals surface area contributed by atoms with Crippen molar-refractivity contribution in [1.29, 1.82) is 0 Å². The van der Waals surface area contributed by atoms with E-state index in [4.69, 9.17) is 11.6 Å². The zero-order chi connectivity index (χ0) is 10.8. The van der Waals surface area contributed by atoms with E-state index in [-0.39, 0.29) is 10.7 Å². The maximum atomic E-state index is 10.6. The number of nitro benzene ring substituents is 1. The number of nitrogens with one attached hydrogen (secondary N) is 1. The van der Waals surface area contributed by atoms with Crippen LogP contribution >= 0.6 is 11.6 Å². The smallest absolute Gasteiger partial charge is 0.288 e. The Morgan fingerprint density at radius 1 is 1.47 bits per heavy atom. The molecule has 0 unspecified atom stereocenters. The molecule has 1 aromatic heterocycles. The van der Waals surface area contributed by atoms with Crippen LogP contribution in [0.3, 0.4) is 0 Å². The third-order valence-corrected chi connectivity index (χ3v) is 2.27. The number of nitrogens with zero attached hydrogens (tertiary/aromatic N) is 2. The SMILES string of the molecule is O=[N+]([O-])c1cc(-c2cnc[nH]2)ccc1Cl. The number of benzene rings is 1. The third-order valence-electron chi connectivity index (χ3n) is 1.95. The van der Waals surface area contributed by atoms with Crippen LogP contribution in [0.2, 0.25) is 5.02 Å². The van der Waals surface area contributed by atoms with Crippen LogP contribution in [0.15, 0.2) is 30.7 Å². The van der Waals surface area contributed by atoms with Crippen molar-refractivity contribution in [3.8, 4) is 11.3 Å². The minimum Gasteiger partial charge on any atom is -0.345 e. The predicted molar refractivity (Wildman–Crippen MR) is 55.7 cm³/mol. The van der Waals surface area contributed by atoms with E-state index in [0.29, 0.717) is 5.56 Å². The van der Waals surface area contributed by atoms with E-state index in [2.05, 4.69) is 9.97 Å². The zero-order valence-electron chi connectivity index (χ0n) is 7.48. The van der Waals surface area contributed by atoms with E-state index in [1.54, 1.807) is 12.3 Å². The molecule has 0 atom stereocenters. The highest BCUT2D eigenvalue weighted by molar-refractivity contribution is 6.32. The molecule has 0 radical (unpaired) electrons. The van der Waals surface area contributed by atoms with E-state index >= 15 is 0 Å². The Kier molecular flexibility index (Phi) is 2.39. The summed E-state index contributed by atoms with van der Waals surface area (Å²) in [6.07, 6.45) is 3.10. The number of halogens is 1. The summed E-state index contributed by atoms with van der Waals surface area (Å²) in [5, 5.41) is 10.8. The molecular weight excluding hydrogens is 218 g/mol. The van der Waals surface area contributed by atoms with Crippen LogP contribution in [0, 0.1) is 10.1 Å². The molecule has 15 heavy (non-hydrogen) atoms. The van der Waals surface area contributed by atoms with Crippen molar-refractivity contribution in [2.45, 2.75) is 0 Å². The number of aromatic nitrogens is 2. The Morgan fingerprint density at radius 3 is 2.87 bits per heavy atom. The van der Waals surface area contributed by atoms with Crippen molar-refractivity contribution < 1.29 is 4.92 Å². The monoisotopic (exact) mass is 223 g/mol. The predicted octanol–water partition coefficient (Wildman–Crippen LogP) is 2.64. The number of hydrogen-bond donors (Lipinski definition) is 1. The summed E-state index contributed by atoms with van der Waals surface area (Å²) in [5.74, 6) is 0. The van der Waals surface area contributed by atoms with Gasteiger partial charge in [-0.15, -0.1) is 0 Å². The lowest BCUT2D eigenvalue weighted by molar-refractivity contribution is -0.384. The number of hydrogen-bond acceptors (Lipinski definition) is 3. The number of nitro groups is 1. The summed E-state index contributed by atoms with van der Waals surface area (Å²) in [6, 6.07) is 4.61. The number of imidazole rings is 1. The highest BCUT2D eigenvalue weighted by atomic mass is 35.5. The number of aromatic amines is 1. The van der Waals surface area contributed by atoms with Crippen LogP contribution in [-0.2, 0) is 0 Å². The van der Waals surface area contributed by atoms with Crippen LogP contribution < -0.4 is 0 Å². The highest BCUT2D eigenvalue weighted by Crippen LogP contribution is 2.29. The van der Waals surface area contributed by atoms with Gasteiger partial charge in [0, 0.05) is 11.6 Å². The summed E-state index contributed by atoms with van der Waals surface area (Å²) >= 11 is 5.69. The van der Waals surface area contributed by atoms with Crippen LogP contribution in [0.1, 0.15) is 0 Å². The van der Waals surface area contributed by atoms with Gasteiger partial charge in [0.25, 0.3) is 5.69 Å². The summed E-state index contributed by atoms with van der Waals surface area (Å²) < 4.78 is 0. The first-order valence-corrected chi connectivity index (χ1v) is 4.49. The Hall–Kier alpha value is -1.88. The maximum absolute atomic E-state index is 10.6. The fraction of sp³-hybridized carbons (Fsp3) is 0. The maximum Gasteiger partial charge on any atom is 0.288 e. The Morgan fingerprint density at radius 2 is 2.27 bits per heavy atom. The molecule has 1 heterocycles. The van der Waals surface area contributed by atoms with Gasteiger partial charge >= 0.3 is 0 Å². The molecule has 0 spiro atoms. The molecule has 5 nitrogen and oxygen atoms in total. The molecule has 0 aliphatic heterocycles. The molecule has 0 fully saturated rings. The van der Waals surface area contributed by atoms with E-state index < -0.39 is 4.92 Å². The van der Waals surface area contributed by atoms with Gasteiger partial charge in [-0.25, -0.2) is 4.98 Å². The van der Waals surface area contributed by atoms with Gasteiger partial charge in [-0.05, 0) is 6.07 Å². The van der Waals surface area contributed by atoms with Gasteiger partial charge < -0.3 is 4.98 Å². The first-order valence-electron chi connectivity index (χ1n) is 4.11. The minimum atomic E-state index is -0.512. The Labute approximate surface area is 89.9 Å². The van der Waals surface area contributed by atoms with Crippen molar-refractivity contribution in [2.75, 3.05) is 0 Å². The quantitative estimate of drug-likeness (QED) is 0.628. The second kappa shape index (κ2) is 3.70. The second-order valence-electron chi connectivity index (χ2n) is 2.89. The molecule has 6 heteroatoms. The van der Waals surface area contributed by atoms with Crippen molar-refractivity contribution in [3.05, 3.63) is 45.9 Å². The van der Waals surface area contributed by atoms with Crippen LogP contribution in [0.25, 0.3) is 11.3 Å². The van der Waals surface area contributed by atoms with E-state index in [9.17, 15) is 10.1 Å². The molecule has 2 rings (SSSR count). The number of rotatable bonds is 2. The van der Waals surface area contributed by atoms with Gasteiger partial charge in [0.2, 0.25) is 0 Å². The highest BCUT2D eigenvalue weighted by Gasteiger charge is 2.13. The van der Waals surface area contributed by atoms with E-state index in [1.165, 1.54) is 18.5 Å². The largest absolute Gasteiger partial charge is 0.345 e. The zero-order valence-corrected chi connectivity index (χ0v) is 8.23. The average molecular weight is 224 g/mol. The van der Waals surface area contributed by atoms with E-state index in [1.807, 2.05) is 0 Å². The summed E-state index contributed by atoms with van der Waals surface area (Å²) in [6.45, 7) is 0. The van der Waals surface area contributed by atoms with Gasteiger partial charge in [0.1, 0.15) is 5.02 Å². The molecule has 0 amide bonds. The van der Waals surface area contributed by atoms with E-state index in [0.717, 1.165) is 5.69 Å². The molecule has 0 aliphatic rings. The Bertz CT molecular complexity index is 496. The summed E-state index contributed by atoms with van der Waals surface area (Å²) in [7, 11) is 0. The molecule has 0 saturated carbocycles. The second-order valence-corrected chi connectivity index (χ2v) is 3.30. The van der Waals surface area contributed by atoms with Crippen LogP contribution in [0.5, 0.6) is 0 Å². The molecule has 0 saturated heterocycles. The lowest BCUT2D eigenvalue weighted by Gasteiger charge is -1.99. The lowest BCUT2D eigenvalue weighted by atomic mass is 10.1. The first-order chi connectivity index (χ1) is 7.18. The van der Waals surface area contributed by atoms with Gasteiger partial charge in [0.05, 0.1) is 23.1 Å². The molecule has 1 N–H and O–H groups in total. The first kappa shape index (κ1) is 9.67. The summed E-state index contributed by atoms with van der Waals surface area (Å²) in [5.41, 5.74) is 1.29. The fourth-order valence-corrected chi connectivity index (χ4v) is 1.42. The molecule has 0 aliphatic carbocycles. The van der Waals surface area contributed by atoms with Crippen molar-refractivity contribution in [1.82, 2.24) is 9.97 Å². The topological polar surface area (TPSA) is 71.8 Å². The molecular formula is C9H6ClN3O2. The standard InChI is InChI=1S/C9H6ClN3O2/c10-7-2-1-6(3-9(7)13(14)15)8-4-11-5-12-8/h1-5H,(H,11,12). The van der Waals surface area contributed by atoms with Crippen molar-refractivity contribution >= 4 is 17.3 Å². The molecule has 0 bridgehead atoms. The van der Waals surface area contributed by atoms with Gasteiger partial charge in [-0.3, -0.25) is 10.1 Å². The molecule has 76 valence electrons.